The van der Waals surface area contributed by atoms with Gasteiger partial charge in [0.15, 0.2) is 0 Å². The lowest BCUT2D eigenvalue weighted by atomic mass is 9.87. The van der Waals surface area contributed by atoms with E-state index in [9.17, 15) is 9.59 Å². The standard InChI is InChI=1S/C14H26N2O2S/c1-6-14(4)13(18)15-11(10(2)3)12(17)16(14)8-7-9-19-5/h10-11H,6-9H2,1-5H3,(H,15,18). The van der Waals surface area contributed by atoms with Crippen LogP contribution < -0.4 is 5.32 Å². The monoisotopic (exact) mass is 286 g/mol. The molecule has 19 heavy (non-hydrogen) atoms. The van der Waals surface area contributed by atoms with E-state index >= 15 is 0 Å². The number of carbonyl (C=O) groups is 2. The van der Waals surface area contributed by atoms with E-state index in [1.807, 2.05) is 27.7 Å². The van der Waals surface area contributed by atoms with E-state index in [1.165, 1.54) is 0 Å². The molecule has 1 rings (SSSR count). The molecule has 1 aliphatic rings. The maximum atomic E-state index is 12.6. The Morgan fingerprint density at radius 2 is 2.05 bits per heavy atom. The summed E-state index contributed by atoms with van der Waals surface area (Å²) in [5.41, 5.74) is -0.694. The first-order valence-corrected chi connectivity index (χ1v) is 8.39. The predicted molar refractivity (Wildman–Crippen MR) is 80.2 cm³/mol. The molecule has 0 aromatic heterocycles. The topological polar surface area (TPSA) is 49.4 Å². The van der Waals surface area contributed by atoms with Crippen molar-refractivity contribution in [3.8, 4) is 0 Å². The van der Waals surface area contributed by atoms with Crippen molar-refractivity contribution in [3.05, 3.63) is 0 Å². The average molecular weight is 286 g/mol. The third-order valence-corrected chi connectivity index (χ3v) is 4.69. The lowest BCUT2D eigenvalue weighted by Gasteiger charge is -2.47. The molecule has 2 atom stereocenters. The van der Waals surface area contributed by atoms with Gasteiger partial charge in [0.25, 0.3) is 0 Å². The van der Waals surface area contributed by atoms with Crippen LogP contribution in [0, 0.1) is 5.92 Å². The number of carbonyl (C=O) groups excluding carboxylic acids is 2. The summed E-state index contributed by atoms with van der Waals surface area (Å²) in [7, 11) is 0. The average Bonchev–Trinajstić information content (AvgIpc) is 2.37. The first-order valence-electron chi connectivity index (χ1n) is 6.99. The Hall–Kier alpha value is -0.710. The normalized spacial score (nSPS) is 27.9. The fourth-order valence-electron chi connectivity index (χ4n) is 2.42. The minimum absolute atomic E-state index is 0.0162. The highest BCUT2D eigenvalue weighted by Gasteiger charge is 2.48. The van der Waals surface area contributed by atoms with Gasteiger partial charge in [-0.1, -0.05) is 20.8 Å². The van der Waals surface area contributed by atoms with Crippen molar-refractivity contribution in [1.29, 1.82) is 0 Å². The molecular formula is C14H26N2O2S. The van der Waals surface area contributed by atoms with Crippen molar-refractivity contribution in [2.24, 2.45) is 5.92 Å². The summed E-state index contributed by atoms with van der Waals surface area (Å²) in [6.45, 7) is 8.44. The van der Waals surface area contributed by atoms with Crippen LogP contribution in [-0.4, -0.2) is 46.8 Å². The van der Waals surface area contributed by atoms with Crippen LogP contribution in [0.15, 0.2) is 0 Å². The molecule has 0 aromatic carbocycles. The molecule has 2 amide bonds. The minimum Gasteiger partial charge on any atom is -0.342 e. The molecule has 0 spiro atoms. The van der Waals surface area contributed by atoms with Crippen molar-refractivity contribution >= 4 is 23.6 Å². The number of rotatable bonds is 6. The van der Waals surface area contributed by atoms with Gasteiger partial charge in [-0.2, -0.15) is 11.8 Å². The van der Waals surface area contributed by atoms with E-state index in [-0.39, 0.29) is 23.8 Å². The van der Waals surface area contributed by atoms with Crippen LogP contribution in [0.25, 0.3) is 0 Å². The van der Waals surface area contributed by atoms with E-state index in [4.69, 9.17) is 0 Å². The van der Waals surface area contributed by atoms with Crippen molar-refractivity contribution in [3.63, 3.8) is 0 Å². The molecule has 0 aromatic rings. The highest BCUT2D eigenvalue weighted by atomic mass is 32.2. The zero-order valence-corrected chi connectivity index (χ0v) is 13.5. The highest BCUT2D eigenvalue weighted by Crippen LogP contribution is 2.27. The van der Waals surface area contributed by atoms with Crippen LogP contribution in [0.1, 0.15) is 40.5 Å². The summed E-state index contributed by atoms with van der Waals surface area (Å²) in [5.74, 6) is 1.19. The van der Waals surface area contributed by atoms with Crippen molar-refractivity contribution in [2.75, 3.05) is 18.6 Å². The van der Waals surface area contributed by atoms with Gasteiger partial charge in [-0.3, -0.25) is 9.59 Å². The maximum Gasteiger partial charge on any atom is 0.246 e. The number of thioether (sulfide) groups is 1. The molecular weight excluding hydrogens is 260 g/mol. The lowest BCUT2D eigenvalue weighted by molar-refractivity contribution is -0.158. The minimum atomic E-state index is -0.694. The Bertz CT molecular complexity index is 346. The number of nitrogens with one attached hydrogen (secondary N) is 1. The highest BCUT2D eigenvalue weighted by molar-refractivity contribution is 7.98. The zero-order chi connectivity index (χ0) is 14.6. The fraction of sp³-hybridized carbons (Fsp3) is 0.857. The second-order valence-corrected chi connectivity index (χ2v) is 6.64. The summed E-state index contributed by atoms with van der Waals surface area (Å²) in [4.78, 5) is 26.7. The van der Waals surface area contributed by atoms with Gasteiger partial charge in [0.05, 0.1) is 0 Å². The van der Waals surface area contributed by atoms with Gasteiger partial charge in [-0.15, -0.1) is 0 Å². The van der Waals surface area contributed by atoms with Gasteiger partial charge in [0, 0.05) is 6.54 Å². The second kappa shape index (κ2) is 6.64. The van der Waals surface area contributed by atoms with Gasteiger partial charge in [-0.25, -0.2) is 0 Å². The van der Waals surface area contributed by atoms with Gasteiger partial charge >= 0.3 is 0 Å². The summed E-state index contributed by atoms with van der Waals surface area (Å²) in [5, 5.41) is 2.89. The number of amides is 2. The van der Waals surface area contributed by atoms with Gasteiger partial charge in [0.1, 0.15) is 11.6 Å². The van der Waals surface area contributed by atoms with Crippen LogP contribution in [-0.2, 0) is 9.59 Å². The molecule has 1 saturated heterocycles. The van der Waals surface area contributed by atoms with E-state index in [2.05, 4.69) is 11.6 Å². The Morgan fingerprint density at radius 1 is 1.42 bits per heavy atom. The number of hydrogen-bond acceptors (Lipinski definition) is 3. The number of piperazine rings is 1. The maximum absolute atomic E-state index is 12.6. The summed E-state index contributed by atoms with van der Waals surface area (Å²) in [6.07, 6.45) is 3.63. The fourth-order valence-corrected chi connectivity index (χ4v) is 2.84. The molecule has 5 heteroatoms. The molecule has 110 valence electrons. The van der Waals surface area contributed by atoms with E-state index < -0.39 is 5.54 Å². The predicted octanol–water partition coefficient (Wildman–Crippen LogP) is 1.89. The van der Waals surface area contributed by atoms with E-state index in [0.29, 0.717) is 13.0 Å². The zero-order valence-electron chi connectivity index (χ0n) is 12.7. The largest absolute Gasteiger partial charge is 0.342 e. The Labute approximate surface area is 120 Å². The summed E-state index contributed by atoms with van der Waals surface area (Å²) in [6, 6.07) is -0.374. The molecule has 2 unspecified atom stereocenters. The Balaban J connectivity index is 2.94. The smallest absolute Gasteiger partial charge is 0.246 e. The van der Waals surface area contributed by atoms with E-state index in [1.54, 1.807) is 16.7 Å². The van der Waals surface area contributed by atoms with Crippen LogP contribution >= 0.6 is 11.8 Å². The molecule has 1 heterocycles. The third kappa shape index (κ3) is 3.25. The summed E-state index contributed by atoms with van der Waals surface area (Å²) < 4.78 is 0. The molecule has 1 N–H and O–H groups in total. The lowest BCUT2D eigenvalue weighted by Crippen LogP contribution is -2.70. The molecule has 0 saturated carbocycles. The van der Waals surface area contributed by atoms with Gasteiger partial charge in [0.2, 0.25) is 11.8 Å². The molecule has 1 aliphatic heterocycles. The van der Waals surface area contributed by atoms with Crippen molar-refractivity contribution in [2.45, 2.75) is 52.1 Å². The van der Waals surface area contributed by atoms with Crippen LogP contribution in [0.2, 0.25) is 0 Å². The van der Waals surface area contributed by atoms with Crippen LogP contribution in [0.3, 0.4) is 0 Å². The Morgan fingerprint density at radius 3 is 2.53 bits per heavy atom. The van der Waals surface area contributed by atoms with Gasteiger partial charge < -0.3 is 10.2 Å². The molecule has 0 bridgehead atoms. The Kier molecular flexibility index (Phi) is 5.71. The number of nitrogens with zero attached hydrogens (tertiary/aromatic N) is 1. The SMILES string of the molecule is CCC1(C)C(=O)NC(C(C)C)C(=O)N1CCCSC. The van der Waals surface area contributed by atoms with Crippen LogP contribution in [0.5, 0.6) is 0 Å². The molecule has 0 aliphatic carbocycles. The molecule has 0 radical (unpaired) electrons. The van der Waals surface area contributed by atoms with E-state index in [0.717, 1.165) is 12.2 Å². The first kappa shape index (κ1) is 16.3. The number of hydrogen-bond donors (Lipinski definition) is 1. The third-order valence-electron chi connectivity index (χ3n) is 3.99. The van der Waals surface area contributed by atoms with Gasteiger partial charge in [-0.05, 0) is 37.7 Å². The van der Waals surface area contributed by atoms with Crippen molar-refractivity contribution < 1.29 is 9.59 Å². The molecule has 4 nitrogen and oxygen atoms in total. The first-order chi connectivity index (χ1) is 8.88. The summed E-state index contributed by atoms with van der Waals surface area (Å²) >= 11 is 1.77. The van der Waals surface area contributed by atoms with Crippen LogP contribution in [0.4, 0.5) is 0 Å². The quantitative estimate of drug-likeness (QED) is 0.759. The second-order valence-electron chi connectivity index (χ2n) is 5.66. The molecule has 1 fully saturated rings. The van der Waals surface area contributed by atoms with Crippen molar-refractivity contribution in [1.82, 2.24) is 10.2 Å².